The van der Waals surface area contributed by atoms with Gasteiger partial charge in [0.1, 0.15) is 5.75 Å². The minimum absolute atomic E-state index is 0.102. The molecule has 1 aliphatic heterocycles. The Kier molecular flexibility index (Phi) is 4.59. The number of phenols is 1. The van der Waals surface area contributed by atoms with Gasteiger partial charge in [0, 0.05) is 25.8 Å². The van der Waals surface area contributed by atoms with Crippen molar-refractivity contribution in [3.8, 4) is 5.75 Å². The maximum Gasteiger partial charge on any atom is 0.270 e. The minimum atomic E-state index is -0.174. The van der Waals surface area contributed by atoms with Crippen LogP contribution in [0.15, 0.2) is 53.4 Å². The van der Waals surface area contributed by atoms with Crippen molar-refractivity contribution in [1.82, 2.24) is 0 Å². The number of thiocarbonyl (C=S) groups is 1. The highest BCUT2D eigenvalue weighted by atomic mass is 32.2. The standard InChI is InChI=1S/C18H16N2O2S2/c1-19(2)13-8-6-12(7-9-13)10-16-17(22)20(18(23)24-16)14-4-3-5-15(21)11-14/h3-11,21H,1-2H3. The van der Waals surface area contributed by atoms with Gasteiger partial charge in [0.15, 0.2) is 4.32 Å². The van der Waals surface area contributed by atoms with Crippen molar-refractivity contribution >= 4 is 51.7 Å². The molecule has 24 heavy (non-hydrogen) atoms. The Bertz CT molecular complexity index is 829. The van der Waals surface area contributed by atoms with Gasteiger partial charge in [-0.2, -0.15) is 0 Å². The van der Waals surface area contributed by atoms with Gasteiger partial charge in [0.2, 0.25) is 0 Å². The molecule has 1 amide bonds. The van der Waals surface area contributed by atoms with Crippen LogP contribution in [0.1, 0.15) is 5.56 Å². The van der Waals surface area contributed by atoms with E-state index < -0.39 is 0 Å². The Morgan fingerprint density at radius 2 is 1.88 bits per heavy atom. The summed E-state index contributed by atoms with van der Waals surface area (Å²) in [5, 5.41) is 9.61. The molecule has 0 unspecified atom stereocenters. The van der Waals surface area contributed by atoms with Gasteiger partial charge in [-0.25, -0.2) is 0 Å². The summed E-state index contributed by atoms with van der Waals surface area (Å²) in [6.07, 6.45) is 1.83. The van der Waals surface area contributed by atoms with Crippen molar-refractivity contribution < 1.29 is 9.90 Å². The van der Waals surface area contributed by atoms with E-state index in [1.807, 2.05) is 49.3 Å². The predicted octanol–water partition coefficient (Wildman–Crippen LogP) is 3.86. The van der Waals surface area contributed by atoms with Crippen molar-refractivity contribution in [2.45, 2.75) is 0 Å². The molecule has 1 aliphatic rings. The minimum Gasteiger partial charge on any atom is -0.508 e. The summed E-state index contributed by atoms with van der Waals surface area (Å²) in [5.74, 6) is -0.0721. The number of carbonyl (C=O) groups is 1. The first-order chi connectivity index (χ1) is 11.5. The number of carbonyl (C=O) groups excluding carboxylic acids is 1. The first-order valence-electron chi connectivity index (χ1n) is 7.30. The third kappa shape index (κ3) is 3.29. The van der Waals surface area contributed by atoms with E-state index in [1.54, 1.807) is 18.2 Å². The summed E-state index contributed by atoms with van der Waals surface area (Å²) in [7, 11) is 3.96. The van der Waals surface area contributed by atoms with Crippen LogP contribution in [0.3, 0.4) is 0 Å². The van der Waals surface area contributed by atoms with Crippen LogP contribution in [0, 0.1) is 0 Å². The molecule has 122 valence electrons. The largest absolute Gasteiger partial charge is 0.508 e. The van der Waals surface area contributed by atoms with E-state index in [1.165, 1.54) is 22.7 Å². The molecule has 0 spiro atoms. The van der Waals surface area contributed by atoms with Crippen molar-refractivity contribution in [2.75, 3.05) is 23.9 Å². The van der Waals surface area contributed by atoms with Crippen LogP contribution in [0.2, 0.25) is 0 Å². The molecule has 1 fully saturated rings. The Morgan fingerprint density at radius 1 is 1.17 bits per heavy atom. The zero-order valence-electron chi connectivity index (χ0n) is 13.3. The molecule has 2 aromatic carbocycles. The molecule has 0 radical (unpaired) electrons. The summed E-state index contributed by atoms with van der Waals surface area (Å²) in [6, 6.07) is 14.5. The van der Waals surface area contributed by atoms with Crippen LogP contribution in [-0.2, 0) is 4.79 Å². The lowest BCUT2D eigenvalue weighted by Gasteiger charge is -2.14. The van der Waals surface area contributed by atoms with E-state index in [2.05, 4.69) is 0 Å². The fraction of sp³-hybridized carbons (Fsp3) is 0.111. The molecule has 0 bridgehead atoms. The quantitative estimate of drug-likeness (QED) is 0.668. The second-order valence-corrected chi connectivity index (χ2v) is 7.20. The van der Waals surface area contributed by atoms with Gasteiger partial charge in [-0.15, -0.1) is 0 Å². The summed E-state index contributed by atoms with van der Waals surface area (Å²) >= 11 is 6.59. The van der Waals surface area contributed by atoms with E-state index in [9.17, 15) is 9.90 Å². The molecule has 0 aromatic heterocycles. The molecule has 1 saturated heterocycles. The summed E-state index contributed by atoms with van der Waals surface area (Å²) in [4.78, 5) is 16.7. The highest BCUT2D eigenvalue weighted by molar-refractivity contribution is 8.27. The number of hydrogen-bond donors (Lipinski definition) is 1. The normalized spacial score (nSPS) is 16.1. The highest BCUT2D eigenvalue weighted by Crippen LogP contribution is 2.36. The van der Waals surface area contributed by atoms with Gasteiger partial charge in [-0.3, -0.25) is 9.69 Å². The Hall–Kier alpha value is -2.31. The number of benzene rings is 2. The van der Waals surface area contributed by atoms with Crippen LogP contribution in [0.5, 0.6) is 5.75 Å². The van der Waals surface area contributed by atoms with Crippen LogP contribution < -0.4 is 9.80 Å². The Morgan fingerprint density at radius 3 is 2.50 bits per heavy atom. The van der Waals surface area contributed by atoms with Gasteiger partial charge < -0.3 is 10.0 Å². The number of anilines is 2. The van der Waals surface area contributed by atoms with E-state index in [0.717, 1.165) is 11.3 Å². The van der Waals surface area contributed by atoms with Crippen LogP contribution in [0.4, 0.5) is 11.4 Å². The molecule has 0 saturated carbocycles. The van der Waals surface area contributed by atoms with Crippen molar-refractivity contribution in [3.63, 3.8) is 0 Å². The predicted molar refractivity (Wildman–Crippen MR) is 105 cm³/mol. The molecule has 2 aromatic rings. The van der Waals surface area contributed by atoms with Gasteiger partial charge in [-0.05, 0) is 35.9 Å². The average molecular weight is 356 g/mol. The number of nitrogens with zero attached hydrogens (tertiary/aromatic N) is 2. The lowest BCUT2D eigenvalue weighted by atomic mass is 10.2. The van der Waals surface area contributed by atoms with Crippen molar-refractivity contribution in [1.29, 1.82) is 0 Å². The third-order valence-electron chi connectivity index (χ3n) is 3.59. The number of phenolic OH excluding ortho intramolecular Hbond substituents is 1. The van der Waals surface area contributed by atoms with Crippen molar-refractivity contribution in [2.24, 2.45) is 0 Å². The Balaban J connectivity index is 1.88. The fourth-order valence-electron chi connectivity index (χ4n) is 2.34. The maximum atomic E-state index is 12.7. The fourth-order valence-corrected chi connectivity index (χ4v) is 3.64. The highest BCUT2D eigenvalue weighted by Gasteiger charge is 2.33. The SMILES string of the molecule is CN(C)c1ccc(C=C2SC(=S)N(c3cccc(O)c3)C2=O)cc1. The summed E-state index contributed by atoms with van der Waals surface area (Å²) in [6.45, 7) is 0. The molecule has 0 aliphatic carbocycles. The summed E-state index contributed by atoms with van der Waals surface area (Å²) < 4.78 is 0.460. The zero-order chi connectivity index (χ0) is 17.3. The van der Waals surface area contributed by atoms with Gasteiger partial charge in [0.25, 0.3) is 5.91 Å². The number of rotatable bonds is 3. The second-order valence-electron chi connectivity index (χ2n) is 5.52. The number of amides is 1. The molecule has 3 rings (SSSR count). The van der Waals surface area contributed by atoms with Gasteiger partial charge in [-0.1, -0.05) is 42.2 Å². The first kappa shape index (κ1) is 16.5. The Labute approximate surface area is 150 Å². The first-order valence-corrected chi connectivity index (χ1v) is 8.52. The molecule has 1 heterocycles. The topological polar surface area (TPSA) is 43.8 Å². The molecular weight excluding hydrogens is 340 g/mol. The average Bonchev–Trinajstić information content (AvgIpc) is 2.82. The van der Waals surface area contributed by atoms with Crippen LogP contribution >= 0.6 is 24.0 Å². The lowest BCUT2D eigenvalue weighted by molar-refractivity contribution is -0.113. The maximum absolute atomic E-state index is 12.7. The van der Waals surface area contributed by atoms with E-state index in [4.69, 9.17) is 12.2 Å². The zero-order valence-corrected chi connectivity index (χ0v) is 14.9. The number of hydrogen-bond acceptors (Lipinski definition) is 5. The van der Waals surface area contributed by atoms with E-state index in [-0.39, 0.29) is 11.7 Å². The van der Waals surface area contributed by atoms with Crippen LogP contribution in [-0.4, -0.2) is 29.4 Å². The molecular formula is C18H16N2O2S2. The van der Waals surface area contributed by atoms with Crippen LogP contribution in [0.25, 0.3) is 6.08 Å². The molecule has 1 N–H and O–H groups in total. The number of thioether (sulfide) groups is 1. The monoisotopic (exact) mass is 356 g/mol. The molecule has 6 heteroatoms. The van der Waals surface area contributed by atoms with Gasteiger partial charge in [0.05, 0.1) is 10.6 Å². The van der Waals surface area contributed by atoms with E-state index in [0.29, 0.717) is 14.9 Å². The lowest BCUT2D eigenvalue weighted by Crippen LogP contribution is -2.27. The van der Waals surface area contributed by atoms with E-state index >= 15 is 0 Å². The molecule has 4 nitrogen and oxygen atoms in total. The third-order valence-corrected chi connectivity index (χ3v) is 4.89. The van der Waals surface area contributed by atoms with Crippen molar-refractivity contribution in [3.05, 3.63) is 59.0 Å². The summed E-state index contributed by atoms with van der Waals surface area (Å²) in [5.41, 5.74) is 2.61. The molecule has 0 atom stereocenters. The number of aromatic hydroxyl groups is 1. The van der Waals surface area contributed by atoms with Gasteiger partial charge >= 0.3 is 0 Å². The smallest absolute Gasteiger partial charge is 0.270 e. The second kappa shape index (κ2) is 6.67.